The van der Waals surface area contributed by atoms with Crippen molar-refractivity contribution >= 4 is 11.8 Å². The van der Waals surface area contributed by atoms with Crippen LogP contribution in [0.2, 0.25) is 0 Å². The second kappa shape index (κ2) is 12.2. The number of hydrogen-bond acceptors (Lipinski definition) is 7. The van der Waals surface area contributed by atoms with Crippen molar-refractivity contribution < 1.29 is 37.3 Å². The number of methoxy groups -OCH3 is 2. The van der Waals surface area contributed by atoms with Gasteiger partial charge in [-0.05, 0) is 31.9 Å². The van der Waals surface area contributed by atoms with E-state index in [0.717, 1.165) is 12.1 Å². The Morgan fingerprint density at radius 1 is 1.09 bits per heavy atom. The average Bonchev–Trinajstić information content (AvgIpc) is 2.78. The van der Waals surface area contributed by atoms with E-state index in [1.807, 2.05) is 0 Å². The van der Waals surface area contributed by atoms with Gasteiger partial charge in [0.1, 0.15) is 11.6 Å². The van der Waals surface area contributed by atoms with Crippen LogP contribution in [0.15, 0.2) is 29.2 Å². The van der Waals surface area contributed by atoms with Crippen molar-refractivity contribution in [1.82, 2.24) is 4.57 Å². The first-order valence-electron chi connectivity index (χ1n) is 10.4. The molecule has 10 heteroatoms. The van der Waals surface area contributed by atoms with Crippen LogP contribution in [0.1, 0.15) is 46.7 Å². The minimum Gasteiger partial charge on any atom is -0.488 e. The molecule has 0 bridgehead atoms. The highest BCUT2D eigenvalue weighted by atomic mass is 19.1. The smallest absolute Gasteiger partial charge is 0.359 e. The van der Waals surface area contributed by atoms with Gasteiger partial charge in [0, 0.05) is 32.9 Å². The molecule has 0 unspecified atom stereocenters. The number of pyridine rings is 1. The lowest BCUT2D eigenvalue weighted by atomic mass is 10.0. The summed E-state index contributed by atoms with van der Waals surface area (Å²) in [4.78, 5) is 38.6. The Hall–Kier alpha value is -3.11. The minimum atomic E-state index is -0.809. The number of rotatable bonds is 12. The van der Waals surface area contributed by atoms with Gasteiger partial charge in [0.05, 0.1) is 25.3 Å². The van der Waals surface area contributed by atoms with Crippen molar-refractivity contribution in [2.24, 2.45) is 0 Å². The minimum absolute atomic E-state index is 0.0472. The number of carbonyl (C=O) groups is 2. The molecule has 0 aliphatic heterocycles. The Labute approximate surface area is 190 Å². The van der Waals surface area contributed by atoms with Crippen LogP contribution in [-0.2, 0) is 27.2 Å². The third-order valence-electron chi connectivity index (χ3n) is 4.80. The highest BCUT2D eigenvalue weighted by Crippen LogP contribution is 2.20. The Bertz CT molecular complexity index is 1050. The lowest BCUT2D eigenvalue weighted by Crippen LogP contribution is -2.30. The van der Waals surface area contributed by atoms with E-state index in [-0.39, 0.29) is 55.2 Å². The largest absolute Gasteiger partial charge is 0.488 e. The molecule has 0 saturated carbocycles. The van der Waals surface area contributed by atoms with Crippen molar-refractivity contribution in [3.8, 4) is 5.75 Å². The van der Waals surface area contributed by atoms with Crippen LogP contribution < -0.4 is 10.2 Å². The molecule has 1 heterocycles. The molecule has 0 radical (unpaired) electrons. The number of aromatic nitrogens is 1. The molecule has 0 spiro atoms. The molecule has 1 aromatic carbocycles. The number of hydrogen-bond donors (Lipinski definition) is 0. The fourth-order valence-electron chi connectivity index (χ4n) is 3.18. The maximum Gasteiger partial charge on any atom is 0.359 e. The fourth-order valence-corrected chi connectivity index (χ4v) is 3.18. The van der Waals surface area contributed by atoms with Crippen LogP contribution in [0.4, 0.5) is 8.78 Å². The van der Waals surface area contributed by atoms with E-state index >= 15 is 0 Å². The van der Waals surface area contributed by atoms with Gasteiger partial charge in [-0.15, -0.1) is 0 Å². The first-order chi connectivity index (χ1) is 15.8. The van der Waals surface area contributed by atoms with Crippen molar-refractivity contribution in [3.63, 3.8) is 0 Å². The van der Waals surface area contributed by atoms with Crippen LogP contribution in [0.3, 0.4) is 0 Å². The standard InChI is InChI=1S/C23H27F2NO7/c1-5-32-22-20(23(29)33-6-2)26(13-19(30-3)31-4)12-16(21(22)28)18(27)10-8-14-7-9-15(24)11-17(14)25/h7,9,11-12,19H,5-6,8,10,13H2,1-4H3. The molecule has 0 saturated heterocycles. The zero-order valence-electron chi connectivity index (χ0n) is 19.0. The molecule has 2 aromatic rings. The van der Waals surface area contributed by atoms with E-state index < -0.39 is 35.1 Å². The highest BCUT2D eigenvalue weighted by Gasteiger charge is 2.27. The van der Waals surface area contributed by atoms with Gasteiger partial charge in [-0.25, -0.2) is 13.6 Å². The van der Waals surface area contributed by atoms with E-state index in [0.29, 0.717) is 0 Å². The normalized spacial score (nSPS) is 11.0. The third kappa shape index (κ3) is 6.45. The zero-order chi connectivity index (χ0) is 24.5. The molecule has 0 amide bonds. The average molecular weight is 467 g/mol. The summed E-state index contributed by atoms with van der Waals surface area (Å²) < 4.78 is 49.2. The maximum absolute atomic E-state index is 13.9. The molecule has 2 rings (SSSR count). The summed E-state index contributed by atoms with van der Waals surface area (Å²) in [6.07, 6.45) is 0.143. The SMILES string of the molecule is CCOC(=O)c1c(OCC)c(=O)c(C(=O)CCc2ccc(F)cc2F)cn1CC(OC)OC. The number of benzene rings is 1. The summed E-state index contributed by atoms with van der Waals surface area (Å²) >= 11 is 0. The number of aryl methyl sites for hydroxylation is 1. The molecule has 0 fully saturated rings. The number of esters is 1. The van der Waals surface area contributed by atoms with Crippen LogP contribution in [0.25, 0.3) is 0 Å². The van der Waals surface area contributed by atoms with Gasteiger partial charge < -0.3 is 23.5 Å². The maximum atomic E-state index is 13.9. The summed E-state index contributed by atoms with van der Waals surface area (Å²) in [5.41, 5.74) is -1.08. The zero-order valence-corrected chi connectivity index (χ0v) is 19.0. The van der Waals surface area contributed by atoms with Crippen LogP contribution in [0, 0.1) is 11.6 Å². The van der Waals surface area contributed by atoms with E-state index in [9.17, 15) is 23.2 Å². The number of Topliss-reactive ketones (excluding diaryl/α,β-unsaturated/α-hetero) is 1. The van der Waals surface area contributed by atoms with Gasteiger partial charge in [0.25, 0.3) is 0 Å². The van der Waals surface area contributed by atoms with Crippen LogP contribution in [0.5, 0.6) is 5.75 Å². The summed E-state index contributed by atoms with van der Waals surface area (Å²) in [6.45, 7) is 3.30. The van der Waals surface area contributed by atoms with E-state index in [4.69, 9.17) is 18.9 Å². The Morgan fingerprint density at radius 2 is 1.79 bits per heavy atom. The topological polar surface area (TPSA) is 93.1 Å². The van der Waals surface area contributed by atoms with Crippen LogP contribution in [-0.4, -0.2) is 50.0 Å². The predicted molar refractivity (Wildman–Crippen MR) is 115 cm³/mol. The number of ketones is 1. The fraction of sp³-hybridized carbons (Fsp3) is 0.435. The van der Waals surface area contributed by atoms with E-state index in [1.54, 1.807) is 13.8 Å². The van der Waals surface area contributed by atoms with E-state index in [2.05, 4.69) is 0 Å². The molecule has 0 atom stereocenters. The molecule has 0 aliphatic rings. The number of ether oxygens (including phenoxy) is 4. The predicted octanol–water partition coefficient (Wildman–Crippen LogP) is 3.14. The highest BCUT2D eigenvalue weighted by molar-refractivity contribution is 5.98. The van der Waals surface area contributed by atoms with Gasteiger partial charge >= 0.3 is 5.97 Å². The van der Waals surface area contributed by atoms with E-state index in [1.165, 1.54) is 31.0 Å². The first kappa shape index (κ1) is 26.1. The van der Waals surface area contributed by atoms with Gasteiger partial charge in [0.2, 0.25) is 5.43 Å². The Kier molecular flexibility index (Phi) is 9.68. The summed E-state index contributed by atoms with van der Waals surface area (Å²) in [7, 11) is 2.79. The van der Waals surface area contributed by atoms with Gasteiger partial charge in [0.15, 0.2) is 23.5 Å². The number of nitrogens with zero attached hydrogens (tertiary/aromatic N) is 1. The molecule has 180 valence electrons. The lowest BCUT2D eigenvalue weighted by Gasteiger charge is -2.21. The molecule has 0 aliphatic carbocycles. The Balaban J connectivity index is 2.51. The third-order valence-corrected chi connectivity index (χ3v) is 4.80. The molecular formula is C23H27F2NO7. The molecule has 0 N–H and O–H groups in total. The monoisotopic (exact) mass is 467 g/mol. The lowest BCUT2D eigenvalue weighted by molar-refractivity contribution is -0.111. The second-order valence-corrected chi connectivity index (χ2v) is 6.92. The number of carbonyl (C=O) groups excluding carboxylic acids is 2. The van der Waals surface area contributed by atoms with Crippen molar-refractivity contribution in [3.05, 3.63) is 63.1 Å². The molecule has 8 nitrogen and oxygen atoms in total. The Morgan fingerprint density at radius 3 is 2.36 bits per heavy atom. The second-order valence-electron chi connectivity index (χ2n) is 6.92. The van der Waals surface area contributed by atoms with Gasteiger partial charge in [-0.1, -0.05) is 6.07 Å². The molecule has 1 aromatic heterocycles. The number of halogens is 2. The quantitative estimate of drug-likeness (QED) is 0.269. The van der Waals surface area contributed by atoms with Crippen molar-refractivity contribution in [2.45, 2.75) is 39.5 Å². The van der Waals surface area contributed by atoms with Crippen molar-refractivity contribution in [2.75, 3.05) is 27.4 Å². The van der Waals surface area contributed by atoms with Gasteiger partial charge in [-0.2, -0.15) is 0 Å². The van der Waals surface area contributed by atoms with Crippen LogP contribution >= 0.6 is 0 Å². The van der Waals surface area contributed by atoms with Gasteiger partial charge in [-0.3, -0.25) is 9.59 Å². The first-order valence-corrected chi connectivity index (χ1v) is 10.4. The molecular weight excluding hydrogens is 440 g/mol. The van der Waals surface area contributed by atoms with Crippen molar-refractivity contribution in [1.29, 1.82) is 0 Å². The summed E-state index contributed by atoms with van der Waals surface area (Å²) in [5, 5.41) is 0. The summed E-state index contributed by atoms with van der Waals surface area (Å²) in [6, 6.07) is 3.06. The summed E-state index contributed by atoms with van der Waals surface area (Å²) in [5.74, 6) is -3.25. The molecule has 33 heavy (non-hydrogen) atoms.